The van der Waals surface area contributed by atoms with Crippen molar-refractivity contribution in [1.29, 1.82) is 0 Å². The molecule has 6 heteroatoms. The number of aryl methyl sites for hydroxylation is 2. The Bertz CT molecular complexity index is 1080. The van der Waals surface area contributed by atoms with Gasteiger partial charge in [-0.05, 0) is 37.1 Å². The molecule has 2 aromatic carbocycles. The third kappa shape index (κ3) is 3.23. The summed E-state index contributed by atoms with van der Waals surface area (Å²) < 4.78 is 0. The Balaban J connectivity index is 1.45. The summed E-state index contributed by atoms with van der Waals surface area (Å²) >= 11 is 1.36. The van der Waals surface area contributed by atoms with E-state index < -0.39 is 0 Å². The average molecular weight is 389 g/mol. The molecule has 28 heavy (non-hydrogen) atoms. The number of carbonyl (C=O) groups excluding carboxylic acids is 2. The number of nitrogens with one attached hydrogen (secondary N) is 1. The van der Waals surface area contributed by atoms with Crippen molar-refractivity contribution in [1.82, 2.24) is 9.88 Å². The van der Waals surface area contributed by atoms with E-state index in [9.17, 15) is 9.59 Å². The minimum atomic E-state index is -0.303. The number of nitrogens with zero attached hydrogens (tertiary/aromatic N) is 2. The second kappa shape index (κ2) is 7.05. The van der Waals surface area contributed by atoms with Gasteiger partial charge in [-0.3, -0.25) is 14.5 Å². The van der Waals surface area contributed by atoms with Crippen LogP contribution in [0.5, 0.6) is 0 Å². The molecule has 1 aliphatic rings. The van der Waals surface area contributed by atoms with Crippen LogP contribution < -0.4 is 5.32 Å². The minimum Gasteiger partial charge on any atom is -0.300 e. The lowest BCUT2D eigenvalue weighted by atomic mass is 10.1. The van der Waals surface area contributed by atoms with Crippen LogP contribution in [0.1, 0.15) is 27.0 Å². The molecule has 4 rings (SSSR count). The zero-order chi connectivity index (χ0) is 19.8. The zero-order valence-corrected chi connectivity index (χ0v) is 16.5. The number of hydrogen-bond donors (Lipinski definition) is 1. The van der Waals surface area contributed by atoms with E-state index in [2.05, 4.69) is 42.9 Å². The molecule has 0 aliphatic carbocycles. The van der Waals surface area contributed by atoms with Crippen LogP contribution >= 0.6 is 11.3 Å². The number of anilines is 1. The van der Waals surface area contributed by atoms with E-state index in [1.807, 2.05) is 23.6 Å². The molecule has 0 radical (unpaired) electrons. The topological polar surface area (TPSA) is 62.3 Å². The highest BCUT2D eigenvalue weighted by atomic mass is 32.1. The fourth-order valence-electron chi connectivity index (χ4n) is 3.17. The van der Waals surface area contributed by atoms with Crippen molar-refractivity contribution >= 4 is 34.0 Å². The summed E-state index contributed by atoms with van der Waals surface area (Å²) in [5.41, 5.74) is 6.14. The first-order valence-corrected chi connectivity index (χ1v) is 9.75. The van der Waals surface area contributed by atoms with Crippen LogP contribution in [0.2, 0.25) is 0 Å². The molecule has 1 aliphatic heterocycles. The van der Waals surface area contributed by atoms with Gasteiger partial charge < -0.3 is 5.32 Å². The maximum absolute atomic E-state index is 12.5. The quantitative estimate of drug-likeness (QED) is 0.715. The van der Waals surface area contributed by atoms with Crippen molar-refractivity contribution < 1.29 is 9.59 Å². The van der Waals surface area contributed by atoms with Crippen LogP contribution in [0.25, 0.3) is 17.0 Å². The predicted molar refractivity (Wildman–Crippen MR) is 112 cm³/mol. The Morgan fingerprint density at radius 1 is 1.14 bits per heavy atom. The standard InChI is InChI=1S/C22H19N3O2S/c1-13-8-9-16(10-14(13)2)19-12-28-22(23-19)24-20(26)11-25-15(3)17-6-4-5-7-18(17)21(25)27/h4-10,12H,3,11H2,1-2H3,(H,23,24,26). The van der Waals surface area contributed by atoms with Crippen LogP contribution in [0, 0.1) is 13.8 Å². The first kappa shape index (κ1) is 18.1. The number of rotatable bonds is 4. The van der Waals surface area contributed by atoms with Gasteiger partial charge >= 0.3 is 0 Å². The third-order valence-corrected chi connectivity index (χ3v) is 5.65. The fourth-order valence-corrected chi connectivity index (χ4v) is 3.90. The molecular formula is C22H19N3O2S. The molecule has 0 fully saturated rings. The van der Waals surface area contributed by atoms with E-state index in [4.69, 9.17) is 0 Å². The molecular weight excluding hydrogens is 370 g/mol. The van der Waals surface area contributed by atoms with Gasteiger partial charge in [0.05, 0.1) is 5.69 Å². The summed E-state index contributed by atoms with van der Waals surface area (Å²) in [4.78, 5) is 30.9. The molecule has 5 nitrogen and oxygen atoms in total. The molecule has 1 aromatic heterocycles. The maximum atomic E-state index is 12.5. The van der Waals surface area contributed by atoms with E-state index in [1.165, 1.54) is 27.4 Å². The second-order valence-electron chi connectivity index (χ2n) is 6.77. The maximum Gasteiger partial charge on any atom is 0.259 e. The highest BCUT2D eigenvalue weighted by Gasteiger charge is 2.31. The van der Waals surface area contributed by atoms with E-state index in [0.29, 0.717) is 16.4 Å². The number of amides is 2. The summed E-state index contributed by atoms with van der Waals surface area (Å²) in [6.07, 6.45) is 0. The highest BCUT2D eigenvalue weighted by Crippen LogP contribution is 2.31. The summed E-state index contributed by atoms with van der Waals surface area (Å²) in [5, 5.41) is 5.21. The Labute approximate surface area is 167 Å². The third-order valence-electron chi connectivity index (χ3n) is 4.89. The summed E-state index contributed by atoms with van der Waals surface area (Å²) in [6.45, 7) is 7.99. The van der Waals surface area contributed by atoms with Crippen molar-refractivity contribution in [2.45, 2.75) is 13.8 Å². The van der Waals surface area contributed by atoms with Gasteiger partial charge in [0.15, 0.2) is 5.13 Å². The number of aromatic nitrogens is 1. The van der Waals surface area contributed by atoms with Crippen molar-refractivity contribution in [2.75, 3.05) is 11.9 Å². The van der Waals surface area contributed by atoms with Crippen LogP contribution in [-0.4, -0.2) is 28.2 Å². The van der Waals surface area contributed by atoms with E-state index in [1.54, 1.807) is 12.1 Å². The van der Waals surface area contributed by atoms with Crippen LogP contribution in [0.15, 0.2) is 54.4 Å². The average Bonchev–Trinajstić information content (AvgIpc) is 3.23. The van der Waals surface area contributed by atoms with Crippen molar-refractivity contribution in [2.24, 2.45) is 0 Å². The van der Waals surface area contributed by atoms with Crippen LogP contribution in [0.3, 0.4) is 0 Å². The Kier molecular flexibility index (Phi) is 4.57. The van der Waals surface area contributed by atoms with Crippen LogP contribution in [0.4, 0.5) is 5.13 Å². The molecule has 140 valence electrons. The van der Waals surface area contributed by atoms with Gasteiger partial charge in [0.1, 0.15) is 6.54 Å². The van der Waals surface area contributed by atoms with E-state index in [-0.39, 0.29) is 18.4 Å². The summed E-state index contributed by atoms with van der Waals surface area (Å²) in [5.74, 6) is -0.506. The number of carbonyl (C=O) groups is 2. The zero-order valence-electron chi connectivity index (χ0n) is 15.7. The van der Waals surface area contributed by atoms with Gasteiger partial charge in [-0.25, -0.2) is 4.98 Å². The molecule has 0 spiro atoms. The SMILES string of the molecule is C=C1c2ccccc2C(=O)N1CC(=O)Nc1nc(-c2ccc(C)c(C)c2)cs1. The van der Waals surface area contributed by atoms with Gasteiger partial charge in [0.2, 0.25) is 5.91 Å². The number of benzene rings is 2. The van der Waals surface area contributed by atoms with E-state index >= 15 is 0 Å². The molecule has 0 saturated heterocycles. The monoisotopic (exact) mass is 389 g/mol. The lowest BCUT2D eigenvalue weighted by molar-refractivity contribution is -0.116. The second-order valence-corrected chi connectivity index (χ2v) is 7.63. The van der Waals surface area contributed by atoms with E-state index in [0.717, 1.165) is 16.8 Å². The number of hydrogen-bond acceptors (Lipinski definition) is 4. The van der Waals surface area contributed by atoms with Crippen molar-refractivity contribution in [3.63, 3.8) is 0 Å². The lowest BCUT2D eigenvalue weighted by Gasteiger charge is -2.16. The van der Waals surface area contributed by atoms with Gasteiger partial charge in [-0.15, -0.1) is 11.3 Å². The lowest BCUT2D eigenvalue weighted by Crippen LogP contribution is -2.32. The van der Waals surface area contributed by atoms with Gasteiger partial charge in [-0.2, -0.15) is 0 Å². The number of thiazole rings is 1. The van der Waals surface area contributed by atoms with Crippen LogP contribution in [-0.2, 0) is 4.79 Å². The Morgan fingerprint density at radius 2 is 1.89 bits per heavy atom. The molecule has 2 amide bonds. The first-order chi connectivity index (χ1) is 13.4. The molecule has 0 saturated carbocycles. The fraction of sp³-hybridized carbons (Fsp3) is 0.136. The largest absolute Gasteiger partial charge is 0.300 e. The molecule has 0 atom stereocenters. The molecule has 2 heterocycles. The van der Waals surface area contributed by atoms with Crippen molar-refractivity contribution in [3.8, 4) is 11.3 Å². The minimum absolute atomic E-state index is 0.0924. The van der Waals surface area contributed by atoms with Gasteiger partial charge in [-0.1, -0.05) is 36.9 Å². The molecule has 1 N–H and O–H groups in total. The number of fused-ring (bicyclic) bond motifs is 1. The normalized spacial score (nSPS) is 13.0. The van der Waals surface area contributed by atoms with Gasteiger partial charge in [0.25, 0.3) is 5.91 Å². The smallest absolute Gasteiger partial charge is 0.259 e. The summed E-state index contributed by atoms with van der Waals surface area (Å²) in [7, 11) is 0. The summed E-state index contributed by atoms with van der Waals surface area (Å²) in [6, 6.07) is 13.4. The molecule has 3 aromatic rings. The van der Waals surface area contributed by atoms with Gasteiger partial charge in [0, 0.05) is 27.8 Å². The van der Waals surface area contributed by atoms with Crippen molar-refractivity contribution in [3.05, 3.63) is 76.7 Å². The first-order valence-electron chi connectivity index (χ1n) is 8.87. The molecule has 0 bridgehead atoms. The highest BCUT2D eigenvalue weighted by molar-refractivity contribution is 7.14. The Hall–Kier alpha value is -3.25. The predicted octanol–water partition coefficient (Wildman–Crippen LogP) is 4.49. The molecule has 0 unspecified atom stereocenters. The Morgan fingerprint density at radius 3 is 2.61 bits per heavy atom.